The van der Waals surface area contributed by atoms with E-state index in [4.69, 9.17) is 9.73 Å². The highest BCUT2D eigenvalue weighted by molar-refractivity contribution is 14.0. The molecule has 1 heterocycles. The van der Waals surface area contributed by atoms with Gasteiger partial charge in [-0.15, -0.1) is 35.3 Å². The average Bonchev–Trinajstić information content (AvgIpc) is 3.07. The number of ether oxygens (including phenoxy) is 1. The van der Waals surface area contributed by atoms with Crippen LogP contribution < -0.4 is 15.4 Å². The molecule has 0 fully saturated rings. The number of rotatable bonds is 9. The minimum Gasteiger partial charge on any atom is -0.497 e. The van der Waals surface area contributed by atoms with Gasteiger partial charge in [-0.1, -0.05) is 12.1 Å². The lowest BCUT2D eigenvalue weighted by atomic mass is 10.1. The van der Waals surface area contributed by atoms with Crippen molar-refractivity contribution in [1.29, 1.82) is 0 Å². The minimum absolute atomic E-state index is 0. The molecule has 1 aromatic heterocycles. The summed E-state index contributed by atoms with van der Waals surface area (Å²) < 4.78 is 5.36. The zero-order valence-corrected chi connectivity index (χ0v) is 20.5. The first-order valence-corrected chi connectivity index (χ1v) is 10.1. The molecule has 0 aliphatic carbocycles. The van der Waals surface area contributed by atoms with Crippen molar-refractivity contribution in [1.82, 2.24) is 20.5 Å². The highest BCUT2D eigenvalue weighted by atomic mass is 127. The van der Waals surface area contributed by atoms with Crippen LogP contribution in [-0.4, -0.2) is 56.7 Å². The minimum atomic E-state index is 0. The van der Waals surface area contributed by atoms with E-state index < -0.39 is 0 Å². The second kappa shape index (κ2) is 12.9. The summed E-state index contributed by atoms with van der Waals surface area (Å²) >= 11 is 1.75. The topological polar surface area (TPSA) is 61.8 Å². The SMILES string of the molecule is CCNC(=NCC(c1cccc(OC)c1)N(C)C)NCCc1ncc(C)s1.I. The van der Waals surface area contributed by atoms with E-state index in [1.165, 1.54) is 10.4 Å². The van der Waals surface area contributed by atoms with Gasteiger partial charge in [0.15, 0.2) is 5.96 Å². The van der Waals surface area contributed by atoms with Gasteiger partial charge in [0.05, 0.1) is 24.7 Å². The third-order valence-electron chi connectivity index (χ3n) is 4.17. The zero-order valence-electron chi connectivity index (χ0n) is 17.4. The number of hydrogen-bond acceptors (Lipinski definition) is 5. The van der Waals surface area contributed by atoms with Gasteiger partial charge in [0, 0.05) is 30.6 Å². The van der Waals surface area contributed by atoms with E-state index in [1.54, 1.807) is 18.4 Å². The number of benzene rings is 1. The first kappa shape index (κ1) is 24.6. The molecule has 1 atom stereocenters. The number of nitrogens with zero attached hydrogens (tertiary/aromatic N) is 3. The molecule has 0 saturated heterocycles. The normalized spacial score (nSPS) is 12.4. The van der Waals surface area contributed by atoms with Crippen molar-refractivity contribution < 1.29 is 4.74 Å². The largest absolute Gasteiger partial charge is 0.497 e. The van der Waals surface area contributed by atoms with Gasteiger partial charge in [-0.25, -0.2) is 4.98 Å². The summed E-state index contributed by atoms with van der Waals surface area (Å²) in [6.07, 6.45) is 2.82. The molecular formula is C20H32IN5OS. The second-order valence-corrected chi connectivity index (χ2v) is 7.84. The molecule has 0 amide bonds. The number of thiazole rings is 1. The fourth-order valence-corrected chi connectivity index (χ4v) is 3.53. The van der Waals surface area contributed by atoms with Crippen LogP contribution in [0.2, 0.25) is 0 Å². The Morgan fingerprint density at radius 3 is 2.71 bits per heavy atom. The summed E-state index contributed by atoms with van der Waals surface area (Å²) in [4.78, 5) is 12.6. The smallest absolute Gasteiger partial charge is 0.191 e. The van der Waals surface area contributed by atoms with E-state index in [0.29, 0.717) is 6.54 Å². The van der Waals surface area contributed by atoms with Crippen molar-refractivity contribution >= 4 is 41.3 Å². The number of methoxy groups -OCH3 is 1. The van der Waals surface area contributed by atoms with Crippen LogP contribution in [0.5, 0.6) is 5.75 Å². The number of aryl methyl sites for hydroxylation is 1. The van der Waals surface area contributed by atoms with Crippen LogP contribution in [0.1, 0.15) is 28.4 Å². The Bertz CT molecular complexity index is 735. The maximum absolute atomic E-state index is 5.36. The van der Waals surface area contributed by atoms with Gasteiger partial charge in [-0.2, -0.15) is 0 Å². The molecule has 0 bridgehead atoms. The average molecular weight is 517 g/mol. The molecule has 6 nitrogen and oxygen atoms in total. The molecule has 28 heavy (non-hydrogen) atoms. The third kappa shape index (κ3) is 7.92. The van der Waals surface area contributed by atoms with Crippen molar-refractivity contribution in [3.05, 3.63) is 45.9 Å². The molecule has 2 rings (SSSR count). The molecule has 1 unspecified atom stereocenters. The lowest BCUT2D eigenvalue weighted by molar-refractivity contribution is 0.305. The van der Waals surface area contributed by atoms with Gasteiger partial charge in [0.2, 0.25) is 0 Å². The number of hydrogen-bond donors (Lipinski definition) is 2. The number of likely N-dealkylation sites (N-methyl/N-ethyl adjacent to an activating group) is 1. The molecule has 156 valence electrons. The van der Waals surface area contributed by atoms with Crippen LogP contribution in [0.25, 0.3) is 0 Å². The van der Waals surface area contributed by atoms with E-state index in [0.717, 1.165) is 36.2 Å². The Morgan fingerprint density at radius 2 is 2.11 bits per heavy atom. The maximum Gasteiger partial charge on any atom is 0.191 e. The molecule has 0 saturated carbocycles. The molecule has 0 radical (unpaired) electrons. The molecule has 8 heteroatoms. The van der Waals surface area contributed by atoms with Crippen molar-refractivity contribution in [3.63, 3.8) is 0 Å². The summed E-state index contributed by atoms with van der Waals surface area (Å²) in [5.41, 5.74) is 1.19. The van der Waals surface area contributed by atoms with Crippen LogP contribution in [0.3, 0.4) is 0 Å². The third-order valence-corrected chi connectivity index (χ3v) is 5.14. The highest BCUT2D eigenvalue weighted by Crippen LogP contribution is 2.22. The lowest BCUT2D eigenvalue weighted by Crippen LogP contribution is -2.39. The quantitative estimate of drug-likeness (QED) is 0.303. The van der Waals surface area contributed by atoms with Gasteiger partial charge in [-0.3, -0.25) is 4.99 Å². The van der Waals surface area contributed by atoms with Gasteiger partial charge >= 0.3 is 0 Å². The number of guanidine groups is 1. The van der Waals surface area contributed by atoms with Crippen molar-refractivity contribution in [2.24, 2.45) is 4.99 Å². The van der Waals surface area contributed by atoms with Crippen LogP contribution in [0.15, 0.2) is 35.5 Å². The van der Waals surface area contributed by atoms with Crippen LogP contribution in [0, 0.1) is 6.92 Å². The molecule has 0 aliphatic rings. The number of aromatic nitrogens is 1. The highest BCUT2D eigenvalue weighted by Gasteiger charge is 2.15. The Labute approximate surface area is 189 Å². The first-order valence-electron chi connectivity index (χ1n) is 9.27. The zero-order chi connectivity index (χ0) is 19.6. The Morgan fingerprint density at radius 1 is 1.32 bits per heavy atom. The predicted molar refractivity (Wildman–Crippen MR) is 129 cm³/mol. The Balaban J connectivity index is 0.00000392. The van der Waals surface area contributed by atoms with E-state index in [9.17, 15) is 0 Å². The monoisotopic (exact) mass is 517 g/mol. The van der Waals surface area contributed by atoms with Crippen LogP contribution >= 0.6 is 35.3 Å². The van der Waals surface area contributed by atoms with E-state index in [1.807, 2.05) is 18.3 Å². The molecule has 0 aliphatic heterocycles. The molecule has 1 aromatic carbocycles. The number of halogens is 1. The van der Waals surface area contributed by atoms with E-state index in [2.05, 4.69) is 60.6 Å². The van der Waals surface area contributed by atoms with Gasteiger partial charge < -0.3 is 20.3 Å². The molecule has 0 spiro atoms. The van der Waals surface area contributed by atoms with Gasteiger partial charge in [0.1, 0.15) is 5.75 Å². The first-order chi connectivity index (χ1) is 13.0. The Kier molecular flexibility index (Phi) is 11.4. The van der Waals surface area contributed by atoms with Gasteiger partial charge in [-0.05, 0) is 45.6 Å². The predicted octanol–water partition coefficient (Wildman–Crippen LogP) is 3.48. The summed E-state index contributed by atoms with van der Waals surface area (Å²) in [7, 11) is 5.84. The van der Waals surface area contributed by atoms with Crippen LogP contribution in [-0.2, 0) is 6.42 Å². The van der Waals surface area contributed by atoms with Crippen LogP contribution in [0.4, 0.5) is 0 Å². The van der Waals surface area contributed by atoms with Crippen molar-refractivity contribution in [3.8, 4) is 5.75 Å². The molecule has 2 N–H and O–H groups in total. The summed E-state index contributed by atoms with van der Waals surface area (Å²) in [6.45, 7) is 6.46. The fourth-order valence-electron chi connectivity index (χ4n) is 2.74. The standard InChI is InChI=1S/C20H31N5OS.HI/c1-6-21-20(22-11-10-19-23-13-15(2)27-19)24-14-18(25(3)4)16-8-7-9-17(12-16)26-5;/h7-9,12-13,18H,6,10-11,14H2,1-5H3,(H2,21,22,24);1H. The Hall–Kier alpha value is -1.39. The summed E-state index contributed by atoms with van der Waals surface area (Å²) in [6, 6.07) is 8.36. The van der Waals surface area contributed by atoms with E-state index in [-0.39, 0.29) is 30.0 Å². The fraction of sp³-hybridized carbons (Fsp3) is 0.500. The molecular weight excluding hydrogens is 485 g/mol. The van der Waals surface area contributed by atoms with Crippen molar-refractivity contribution in [2.45, 2.75) is 26.3 Å². The summed E-state index contributed by atoms with van der Waals surface area (Å²) in [5.74, 6) is 1.70. The van der Waals surface area contributed by atoms with Crippen molar-refractivity contribution in [2.75, 3.05) is 40.8 Å². The molecule has 2 aromatic rings. The van der Waals surface area contributed by atoms with E-state index >= 15 is 0 Å². The lowest BCUT2D eigenvalue weighted by Gasteiger charge is -2.24. The maximum atomic E-state index is 5.36. The number of aliphatic imine (C=N–C) groups is 1. The second-order valence-electron chi connectivity index (χ2n) is 6.52. The summed E-state index contributed by atoms with van der Waals surface area (Å²) in [5, 5.41) is 7.88. The van der Waals surface area contributed by atoms with Gasteiger partial charge in [0.25, 0.3) is 0 Å². The number of nitrogens with one attached hydrogen (secondary N) is 2.